The van der Waals surface area contributed by atoms with Gasteiger partial charge in [0.15, 0.2) is 5.78 Å². The third-order valence-corrected chi connectivity index (χ3v) is 3.14. The molecule has 0 saturated carbocycles. The maximum atomic E-state index is 11.8. The first-order chi connectivity index (χ1) is 9.90. The summed E-state index contributed by atoms with van der Waals surface area (Å²) in [5.74, 6) is 0.0216. The van der Waals surface area contributed by atoms with Crippen molar-refractivity contribution in [2.24, 2.45) is 0 Å². The minimum atomic E-state index is -1.76. The highest BCUT2D eigenvalue weighted by atomic mass is 16.5. The molecule has 0 aliphatic carbocycles. The number of aliphatic hydroxyl groups is 4. The number of rotatable bonds is 8. The Hall–Kier alpha value is -1.67. The first-order valence-corrected chi connectivity index (χ1v) is 6.43. The summed E-state index contributed by atoms with van der Waals surface area (Å²) in [5, 5.41) is 37.0. The summed E-state index contributed by atoms with van der Waals surface area (Å²) in [6, 6.07) is 6.96. The van der Waals surface area contributed by atoms with Crippen LogP contribution in [0, 0.1) is 0 Å². The Morgan fingerprint density at radius 1 is 1.24 bits per heavy atom. The Balaban J connectivity index is 2.64. The van der Waals surface area contributed by atoms with Crippen molar-refractivity contribution in [3.63, 3.8) is 0 Å². The van der Waals surface area contributed by atoms with Crippen LogP contribution < -0.4 is 9.64 Å². The maximum absolute atomic E-state index is 11.8. The number of Topliss-reactive ketones (excluding diaryl/α,β-unsaturated/α-hetero) is 1. The molecule has 1 rings (SSSR count). The van der Waals surface area contributed by atoms with E-state index in [1.165, 1.54) is 0 Å². The van der Waals surface area contributed by atoms with Crippen LogP contribution in [0.5, 0.6) is 5.75 Å². The molecule has 118 valence electrons. The number of benzene rings is 1. The predicted octanol–water partition coefficient (Wildman–Crippen LogP) is -1.22. The maximum Gasteiger partial charge on any atom is 0.183 e. The van der Waals surface area contributed by atoms with Crippen molar-refractivity contribution < 1.29 is 30.0 Å². The second kappa shape index (κ2) is 7.94. The lowest BCUT2D eigenvalue weighted by Gasteiger charge is -2.24. The molecule has 0 spiro atoms. The van der Waals surface area contributed by atoms with Gasteiger partial charge in [0.25, 0.3) is 0 Å². The van der Waals surface area contributed by atoms with Gasteiger partial charge in [0.1, 0.15) is 24.1 Å². The van der Waals surface area contributed by atoms with Gasteiger partial charge in [-0.25, -0.2) is 0 Å². The fourth-order valence-electron chi connectivity index (χ4n) is 1.76. The number of ether oxygens (including phenoxy) is 1. The quantitative estimate of drug-likeness (QED) is 0.476. The van der Waals surface area contributed by atoms with Crippen molar-refractivity contribution in [3.8, 4) is 5.75 Å². The van der Waals surface area contributed by atoms with Gasteiger partial charge in [-0.2, -0.15) is 0 Å². The average Bonchev–Trinajstić information content (AvgIpc) is 2.52. The van der Waals surface area contributed by atoms with Crippen LogP contribution in [0.2, 0.25) is 0 Å². The van der Waals surface area contributed by atoms with Crippen molar-refractivity contribution in [2.75, 3.05) is 32.2 Å². The van der Waals surface area contributed by atoms with E-state index in [-0.39, 0.29) is 6.54 Å². The number of hydrogen-bond donors (Lipinski definition) is 4. The molecule has 21 heavy (non-hydrogen) atoms. The summed E-state index contributed by atoms with van der Waals surface area (Å²) in [4.78, 5) is 13.4. The predicted molar refractivity (Wildman–Crippen MR) is 76.4 cm³/mol. The Kier molecular flexibility index (Phi) is 6.57. The van der Waals surface area contributed by atoms with Crippen molar-refractivity contribution in [1.82, 2.24) is 0 Å². The number of hydrogen-bond acceptors (Lipinski definition) is 7. The molecule has 0 amide bonds. The molecular formula is C14H21NO6. The molecule has 0 unspecified atom stereocenters. The van der Waals surface area contributed by atoms with E-state index in [4.69, 9.17) is 9.84 Å². The Labute approximate surface area is 123 Å². The van der Waals surface area contributed by atoms with Gasteiger partial charge in [-0.05, 0) is 24.3 Å². The molecule has 7 nitrogen and oxygen atoms in total. The van der Waals surface area contributed by atoms with Crippen LogP contribution in [-0.2, 0) is 4.79 Å². The Morgan fingerprint density at radius 2 is 1.81 bits per heavy atom. The third-order valence-electron chi connectivity index (χ3n) is 3.14. The number of ketones is 1. The van der Waals surface area contributed by atoms with E-state index >= 15 is 0 Å². The first-order valence-electron chi connectivity index (χ1n) is 6.43. The smallest absolute Gasteiger partial charge is 0.183 e. The van der Waals surface area contributed by atoms with E-state index in [2.05, 4.69) is 0 Å². The van der Waals surface area contributed by atoms with Crippen LogP contribution in [0.4, 0.5) is 5.69 Å². The molecular weight excluding hydrogens is 278 g/mol. The zero-order valence-corrected chi connectivity index (χ0v) is 12.0. The Morgan fingerprint density at radius 3 is 2.29 bits per heavy atom. The molecule has 0 aromatic heterocycles. The van der Waals surface area contributed by atoms with Crippen molar-refractivity contribution in [2.45, 2.75) is 18.3 Å². The average molecular weight is 299 g/mol. The molecule has 1 aromatic rings. The van der Waals surface area contributed by atoms with Crippen LogP contribution in [0.1, 0.15) is 0 Å². The molecule has 0 aliphatic heterocycles. The largest absolute Gasteiger partial charge is 0.497 e. The topological polar surface area (TPSA) is 110 Å². The van der Waals surface area contributed by atoms with Gasteiger partial charge in [0.2, 0.25) is 0 Å². The number of likely N-dealkylation sites (N-methyl/N-ethyl adjacent to an activating group) is 1. The van der Waals surface area contributed by atoms with Crippen LogP contribution >= 0.6 is 0 Å². The second-order valence-corrected chi connectivity index (χ2v) is 4.71. The number of aliphatic hydroxyl groups excluding tert-OH is 4. The molecule has 0 saturated heterocycles. The summed E-state index contributed by atoms with van der Waals surface area (Å²) in [6.07, 6.45) is -5.03. The normalized spacial score (nSPS) is 15.1. The molecule has 1 aromatic carbocycles. The monoisotopic (exact) mass is 299 g/mol. The lowest BCUT2D eigenvalue weighted by molar-refractivity contribution is -0.138. The van der Waals surface area contributed by atoms with Gasteiger partial charge in [-0.3, -0.25) is 4.79 Å². The van der Waals surface area contributed by atoms with Crippen LogP contribution in [0.15, 0.2) is 24.3 Å². The van der Waals surface area contributed by atoms with Gasteiger partial charge >= 0.3 is 0 Å². The van der Waals surface area contributed by atoms with Gasteiger partial charge in [-0.15, -0.1) is 0 Å². The van der Waals surface area contributed by atoms with Crippen molar-refractivity contribution in [1.29, 1.82) is 0 Å². The highest BCUT2D eigenvalue weighted by Gasteiger charge is 2.30. The summed E-state index contributed by atoms with van der Waals surface area (Å²) < 4.78 is 5.03. The van der Waals surface area contributed by atoms with E-state index in [9.17, 15) is 20.1 Å². The van der Waals surface area contributed by atoms with E-state index in [0.717, 1.165) is 5.69 Å². The highest BCUT2D eigenvalue weighted by Crippen LogP contribution is 2.18. The SMILES string of the molecule is COc1ccc(N(C)CC(=O)[C@@H](O)[C@H](O)[C@H](O)CO)cc1. The van der Waals surface area contributed by atoms with Crippen molar-refractivity contribution >= 4 is 11.5 Å². The van der Waals surface area contributed by atoms with E-state index < -0.39 is 30.7 Å². The lowest BCUT2D eigenvalue weighted by atomic mass is 10.0. The lowest BCUT2D eigenvalue weighted by Crippen LogP contribution is -2.46. The molecule has 0 radical (unpaired) electrons. The van der Waals surface area contributed by atoms with Gasteiger partial charge < -0.3 is 30.1 Å². The molecule has 7 heteroatoms. The van der Waals surface area contributed by atoms with E-state index in [1.54, 1.807) is 43.3 Å². The highest BCUT2D eigenvalue weighted by molar-refractivity contribution is 5.87. The summed E-state index contributed by atoms with van der Waals surface area (Å²) in [6.45, 7) is -0.886. The molecule has 0 heterocycles. The fraction of sp³-hybridized carbons (Fsp3) is 0.500. The Bertz CT molecular complexity index is 449. The number of carbonyl (C=O) groups is 1. The number of methoxy groups -OCH3 is 1. The van der Waals surface area contributed by atoms with Gasteiger partial charge in [0.05, 0.1) is 20.3 Å². The minimum absolute atomic E-state index is 0.150. The van der Waals surface area contributed by atoms with Gasteiger partial charge in [0, 0.05) is 12.7 Å². The molecule has 0 aliphatic rings. The van der Waals surface area contributed by atoms with Crippen LogP contribution in [0.25, 0.3) is 0 Å². The zero-order valence-electron chi connectivity index (χ0n) is 12.0. The zero-order chi connectivity index (χ0) is 16.0. The summed E-state index contributed by atoms with van der Waals surface area (Å²) in [7, 11) is 3.20. The molecule has 3 atom stereocenters. The fourth-order valence-corrected chi connectivity index (χ4v) is 1.76. The first kappa shape index (κ1) is 17.4. The summed E-state index contributed by atoms with van der Waals surface area (Å²) in [5.41, 5.74) is 0.730. The molecule has 4 N–H and O–H groups in total. The molecule has 0 bridgehead atoms. The number of anilines is 1. The van der Waals surface area contributed by atoms with Crippen molar-refractivity contribution in [3.05, 3.63) is 24.3 Å². The van der Waals surface area contributed by atoms with E-state index in [1.807, 2.05) is 0 Å². The third kappa shape index (κ3) is 4.68. The van der Waals surface area contributed by atoms with Gasteiger partial charge in [-0.1, -0.05) is 0 Å². The van der Waals surface area contributed by atoms with Crippen LogP contribution in [-0.4, -0.2) is 71.8 Å². The molecule has 0 fully saturated rings. The van der Waals surface area contributed by atoms with E-state index in [0.29, 0.717) is 5.75 Å². The van der Waals surface area contributed by atoms with Crippen LogP contribution in [0.3, 0.4) is 0 Å². The number of carbonyl (C=O) groups excluding carboxylic acids is 1. The minimum Gasteiger partial charge on any atom is -0.497 e. The second-order valence-electron chi connectivity index (χ2n) is 4.71. The summed E-state index contributed by atoms with van der Waals surface area (Å²) >= 11 is 0. The number of nitrogens with zero attached hydrogens (tertiary/aromatic N) is 1. The standard InChI is InChI=1S/C14H21NO6/c1-15(9-3-5-10(21-2)6-4-9)7-11(17)13(19)14(20)12(18)8-16/h3-6,12-14,16,18-20H,7-8H2,1-2H3/t12-,13-,14-/m1/s1.